The Morgan fingerprint density at radius 1 is 1.05 bits per heavy atom. The molecule has 1 aliphatic heterocycles. The number of halogens is 1. The third-order valence-electron chi connectivity index (χ3n) is 4.26. The van der Waals surface area contributed by atoms with Gasteiger partial charge in [-0.3, -0.25) is 0 Å². The molecule has 2 N–H and O–H groups in total. The highest BCUT2D eigenvalue weighted by Crippen LogP contribution is 2.29. The smallest absolute Gasteiger partial charge is 0.140 e. The van der Waals surface area contributed by atoms with E-state index in [-0.39, 0.29) is 0 Å². The summed E-state index contributed by atoms with van der Waals surface area (Å²) in [6.07, 6.45) is 0. The average Bonchev–Trinajstić information content (AvgIpc) is 2.46. The molecule has 0 amide bonds. The third-order valence-corrected chi connectivity index (χ3v) is 4.54. The maximum Gasteiger partial charge on any atom is 0.140 e. The summed E-state index contributed by atoms with van der Waals surface area (Å²) in [6, 6.07) is 4.02. The Morgan fingerprint density at radius 2 is 1.77 bits per heavy atom. The van der Waals surface area contributed by atoms with Crippen LogP contribution < -0.4 is 14.5 Å². The van der Waals surface area contributed by atoms with Gasteiger partial charge in [0.1, 0.15) is 45.1 Å². The van der Waals surface area contributed by atoms with Crippen LogP contribution in [0.4, 0.5) is 0 Å². The first-order valence-corrected chi connectivity index (χ1v) is 8.56. The van der Waals surface area contributed by atoms with Gasteiger partial charge in [0, 0.05) is 0 Å². The van der Waals surface area contributed by atoms with Gasteiger partial charge in [-0.05, 0) is 31.0 Å². The number of hydrogen-bond acceptors (Lipinski definition) is 2. The first-order valence-electron chi connectivity index (χ1n) is 8.18. The second-order valence-corrected chi connectivity index (χ2v) is 6.72. The van der Waals surface area contributed by atoms with Gasteiger partial charge in [0.2, 0.25) is 0 Å². The van der Waals surface area contributed by atoms with Gasteiger partial charge < -0.3 is 19.3 Å². The van der Waals surface area contributed by atoms with E-state index in [2.05, 4.69) is 13.1 Å². The first-order chi connectivity index (χ1) is 10.6. The molecule has 0 spiro atoms. The maximum absolute atomic E-state index is 6.22. The standard InChI is InChI=1S/C17H27ClN2O2/c1-14-12-15(2)17(16(18)13-14)22-11-10-21-9-8-20-6-4-19(3)5-7-20/h12-13H,4-11H2,1-3H3/p+2. The Balaban J connectivity index is 1.60. The third kappa shape index (κ3) is 5.43. The zero-order valence-electron chi connectivity index (χ0n) is 14.0. The molecule has 1 saturated heterocycles. The van der Waals surface area contributed by atoms with Crippen molar-refractivity contribution in [2.45, 2.75) is 13.8 Å². The van der Waals surface area contributed by atoms with E-state index >= 15 is 0 Å². The Labute approximate surface area is 138 Å². The highest BCUT2D eigenvalue weighted by Gasteiger charge is 2.19. The minimum absolute atomic E-state index is 0.547. The molecule has 0 aromatic heterocycles. The largest absolute Gasteiger partial charge is 0.489 e. The number of likely N-dealkylation sites (N-methyl/N-ethyl adjacent to an activating group) is 1. The fourth-order valence-corrected chi connectivity index (χ4v) is 3.26. The molecule has 1 heterocycles. The van der Waals surface area contributed by atoms with Gasteiger partial charge in [-0.1, -0.05) is 17.7 Å². The molecule has 1 aromatic carbocycles. The number of nitrogens with one attached hydrogen (secondary N) is 2. The number of hydrogen-bond donors (Lipinski definition) is 2. The van der Waals surface area contributed by atoms with E-state index < -0.39 is 0 Å². The van der Waals surface area contributed by atoms with Crippen LogP contribution in [0.5, 0.6) is 5.75 Å². The SMILES string of the molecule is Cc1cc(C)c(OCCOCC[NH+]2CC[NH+](C)CC2)c(Cl)c1. The van der Waals surface area contributed by atoms with Gasteiger partial charge in [0.05, 0.1) is 25.3 Å². The highest BCUT2D eigenvalue weighted by molar-refractivity contribution is 6.32. The van der Waals surface area contributed by atoms with E-state index in [4.69, 9.17) is 21.1 Å². The molecule has 5 heteroatoms. The van der Waals surface area contributed by atoms with Crippen molar-refractivity contribution in [1.82, 2.24) is 0 Å². The fraction of sp³-hybridized carbons (Fsp3) is 0.647. The van der Waals surface area contributed by atoms with Crippen LogP contribution in [0.1, 0.15) is 11.1 Å². The van der Waals surface area contributed by atoms with Crippen LogP contribution in [0.2, 0.25) is 5.02 Å². The molecule has 1 aliphatic rings. The molecule has 0 bridgehead atoms. The Bertz CT molecular complexity index is 451. The monoisotopic (exact) mass is 328 g/mol. The lowest BCUT2D eigenvalue weighted by Crippen LogP contribution is -3.27. The molecule has 0 radical (unpaired) electrons. The number of piperazine rings is 1. The van der Waals surface area contributed by atoms with Gasteiger partial charge in [-0.2, -0.15) is 0 Å². The van der Waals surface area contributed by atoms with Gasteiger partial charge in [-0.15, -0.1) is 0 Å². The van der Waals surface area contributed by atoms with Gasteiger partial charge in [-0.25, -0.2) is 0 Å². The lowest BCUT2D eigenvalue weighted by Gasteiger charge is -2.27. The van der Waals surface area contributed by atoms with Crippen LogP contribution in [-0.2, 0) is 4.74 Å². The summed E-state index contributed by atoms with van der Waals surface area (Å²) < 4.78 is 11.5. The molecule has 1 fully saturated rings. The Kier molecular flexibility index (Phi) is 6.96. The molecular formula is C17H29ClN2O2+2. The second kappa shape index (κ2) is 8.73. The lowest BCUT2D eigenvalue weighted by atomic mass is 10.1. The maximum atomic E-state index is 6.22. The first kappa shape index (κ1) is 17.5. The van der Waals surface area contributed by atoms with Crippen LogP contribution >= 0.6 is 11.6 Å². The van der Waals surface area contributed by atoms with Crippen molar-refractivity contribution in [3.8, 4) is 5.75 Å². The van der Waals surface area contributed by atoms with Crippen LogP contribution in [-0.4, -0.2) is 59.6 Å². The predicted molar refractivity (Wildman–Crippen MR) is 89.4 cm³/mol. The lowest BCUT2D eigenvalue weighted by molar-refractivity contribution is -1.00. The van der Waals surface area contributed by atoms with Crippen molar-refractivity contribution in [2.24, 2.45) is 0 Å². The zero-order chi connectivity index (χ0) is 15.9. The number of ether oxygens (including phenoxy) is 2. The molecule has 2 rings (SSSR count). The number of quaternary nitrogens is 2. The van der Waals surface area contributed by atoms with Crippen molar-refractivity contribution < 1.29 is 19.3 Å². The van der Waals surface area contributed by atoms with Gasteiger partial charge in [0.15, 0.2) is 0 Å². The molecule has 0 aliphatic carbocycles. The van der Waals surface area contributed by atoms with Crippen LogP contribution in [0.25, 0.3) is 0 Å². The summed E-state index contributed by atoms with van der Waals surface area (Å²) in [5.41, 5.74) is 2.23. The van der Waals surface area contributed by atoms with E-state index in [1.54, 1.807) is 9.80 Å². The van der Waals surface area contributed by atoms with E-state index in [0.29, 0.717) is 18.2 Å². The second-order valence-electron chi connectivity index (χ2n) is 6.31. The van der Waals surface area contributed by atoms with E-state index in [1.807, 2.05) is 19.9 Å². The summed E-state index contributed by atoms with van der Waals surface area (Å²) in [5, 5.41) is 0.682. The highest BCUT2D eigenvalue weighted by atomic mass is 35.5. The normalized spacial score (nSPS) is 21.8. The van der Waals surface area contributed by atoms with Crippen molar-refractivity contribution in [3.63, 3.8) is 0 Å². The summed E-state index contributed by atoms with van der Waals surface area (Å²) in [6.45, 7) is 12.2. The number of rotatable bonds is 7. The summed E-state index contributed by atoms with van der Waals surface area (Å²) in [5.74, 6) is 0.781. The van der Waals surface area contributed by atoms with Crippen LogP contribution in [0.3, 0.4) is 0 Å². The topological polar surface area (TPSA) is 27.3 Å². The molecule has 124 valence electrons. The number of aryl methyl sites for hydroxylation is 2. The molecule has 0 atom stereocenters. The molecule has 0 unspecified atom stereocenters. The number of benzene rings is 1. The average molecular weight is 329 g/mol. The molecule has 1 aromatic rings. The van der Waals surface area contributed by atoms with Crippen molar-refractivity contribution in [3.05, 3.63) is 28.3 Å². The molecule has 0 saturated carbocycles. The summed E-state index contributed by atoms with van der Waals surface area (Å²) in [7, 11) is 2.27. The molecule has 22 heavy (non-hydrogen) atoms. The van der Waals surface area contributed by atoms with Crippen molar-refractivity contribution >= 4 is 11.6 Å². The van der Waals surface area contributed by atoms with Gasteiger partial charge in [0.25, 0.3) is 0 Å². The molecule has 4 nitrogen and oxygen atoms in total. The van der Waals surface area contributed by atoms with Crippen LogP contribution in [0, 0.1) is 13.8 Å². The molecular weight excluding hydrogens is 300 g/mol. The minimum Gasteiger partial charge on any atom is -0.489 e. The fourth-order valence-electron chi connectivity index (χ4n) is 2.89. The van der Waals surface area contributed by atoms with Crippen molar-refractivity contribution in [1.29, 1.82) is 0 Å². The van der Waals surface area contributed by atoms with Gasteiger partial charge >= 0.3 is 0 Å². The van der Waals surface area contributed by atoms with Crippen LogP contribution in [0.15, 0.2) is 12.1 Å². The zero-order valence-corrected chi connectivity index (χ0v) is 14.8. The Hall–Kier alpha value is -0.810. The summed E-state index contributed by atoms with van der Waals surface area (Å²) in [4.78, 5) is 3.30. The van der Waals surface area contributed by atoms with E-state index in [0.717, 1.165) is 30.0 Å². The van der Waals surface area contributed by atoms with E-state index in [1.165, 1.54) is 26.2 Å². The minimum atomic E-state index is 0.547. The predicted octanol–water partition coefficient (Wildman–Crippen LogP) is -0.235. The van der Waals surface area contributed by atoms with E-state index in [9.17, 15) is 0 Å². The Morgan fingerprint density at radius 3 is 2.45 bits per heavy atom. The quantitative estimate of drug-likeness (QED) is 0.676. The summed E-state index contributed by atoms with van der Waals surface area (Å²) >= 11 is 6.22. The van der Waals surface area contributed by atoms with Crippen molar-refractivity contribution in [2.75, 3.05) is 59.6 Å².